The Morgan fingerprint density at radius 3 is 2.57 bits per heavy atom. The summed E-state index contributed by atoms with van der Waals surface area (Å²) < 4.78 is 5.05. The van der Waals surface area contributed by atoms with Crippen molar-refractivity contribution < 1.29 is 4.52 Å². The van der Waals surface area contributed by atoms with E-state index in [0.29, 0.717) is 0 Å². The molecule has 3 rings (SSSR count). The molecule has 0 radical (unpaired) electrons. The zero-order valence-corrected chi connectivity index (χ0v) is 13.0. The largest absolute Gasteiger partial charge is 0.361 e. The number of hydrogen-bond acceptors (Lipinski definition) is 4. The van der Waals surface area contributed by atoms with Gasteiger partial charge in [0.05, 0.1) is 5.69 Å². The predicted octanol–water partition coefficient (Wildman–Crippen LogP) is 4.31. The van der Waals surface area contributed by atoms with Crippen LogP contribution >= 0.6 is 11.3 Å². The molecular formula is C17H18N2OS. The Hall–Kier alpha value is -1.91. The molecule has 0 atom stereocenters. The average Bonchev–Trinajstić information content (AvgIpc) is 3.09. The van der Waals surface area contributed by atoms with Crippen molar-refractivity contribution in [1.29, 1.82) is 0 Å². The molecule has 108 valence electrons. The third-order valence-electron chi connectivity index (χ3n) is 3.28. The third kappa shape index (κ3) is 3.60. The Morgan fingerprint density at radius 1 is 1.05 bits per heavy atom. The van der Waals surface area contributed by atoms with Gasteiger partial charge in [-0.3, -0.25) is 0 Å². The number of rotatable bonds is 5. The van der Waals surface area contributed by atoms with Gasteiger partial charge in [0.15, 0.2) is 0 Å². The molecule has 0 amide bonds. The van der Waals surface area contributed by atoms with Crippen molar-refractivity contribution in [2.75, 3.05) is 0 Å². The zero-order chi connectivity index (χ0) is 14.7. The highest BCUT2D eigenvalue weighted by atomic mass is 32.1. The fourth-order valence-electron chi connectivity index (χ4n) is 2.16. The van der Waals surface area contributed by atoms with Gasteiger partial charge in [0.1, 0.15) is 5.76 Å². The fraction of sp³-hybridized carbons (Fsp3) is 0.235. The van der Waals surface area contributed by atoms with Crippen molar-refractivity contribution in [2.24, 2.45) is 0 Å². The van der Waals surface area contributed by atoms with E-state index in [0.717, 1.165) is 24.5 Å². The summed E-state index contributed by atoms with van der Waals surface area (Å²) >= 11 is 1.83. The van der Waals surface area contributed by atoms with E-state index in [1.807, 2.05) is 24.3 Å². The van der Waals surface area contributed by atoms with Crippen LogP contribution in [-0.2, 0) is 13.1 Å². The Balaban J connectivity index is 1.59. The lowest BCUT2D eigenvalue weighted by Gasteiger charge is -2.00. The van der Waals surface area contributed by atoms with Crippen molar-refractivity contribution in [1.82, 2.24) is 10.5 Å². The molecule has 0 saturated carbocycles. The number of aryl methyl sites for hydroxylation is 2. The van der Waals surface area contributed by atoms with Gasteiger partial charge in [-0.2, -0.15) is 0 Å². The maximum atomic E-state index is 5.05. The van der Waals surface area contributed by atoms with Gasteiger partial charge in [-0.1, -0.05) is 35.0 Å². The van der Waals surface area contributed by atoms with E-state index < -0.39 is 0 Å². The summed E-state index contributed by atoms with van der Waals surface area (Å²) in [4.78, 5) is 2.63. The number of hydrogen-bond donors (Lipinski definition) is 1. The van der Waals surface area contributed by atoms with Crippen LogP contribution in [-0.4, -0.2) is 5.16 Å². The van der Waals surface area contributed by atoms with E-state index in [-0.39, 0.29) is 0 Å². The van der Waals surface area contributed by atoms with E-state index in [4.69, 9.17) is 4.52 Å². The van der Waals surface area contributed by atoms with Crippen molar-refractivity contribution in [2.45, 2.75) is 26.9 Å². The molecule has 4 heteroatoms. The second-order valence-corrected chi connectivity index (χ2v) is 6.33. The molecule has 0 saturated heterocycles. The smallest absolute Gasteiger partial charge is 0.133 e. The molecule has 0 spiro atoms. The second-order valence-electron chi connectivity index (χ2n) is 5.16. The highest BCUT2D eigenvalue weighted by Gasteiger charge is 2.04. The fourth-order valence-corrected chi connectivity index (χ4v) is 3.14. The monoisotopic (exact) mass is 298 g/mol. The van der Waals surface area contributed by atoms with Gasteiger partial charge >= 0.3 is 0 Å². The lowest BCUT2D eigenvalue weighted by Crippen LogP contribution is -2.11. The molecule has 3 aromatic rings. The van der Waals surface area contributed by atoms with Gasteiger partial charge in [-0.25, -0.2) is 0 Å². The van der Waals surface area contributed by atoms with Crippen LogP contribution in [0.25, 0.3) is 10.4 Å². The zero-order valence-electron chi connectivity index (χ0n) is 12.2. The molecule has 0 unspecified atom stereocenters. The Labute approximate surface area is 128 Å². The van der Waals surface area contributed by atoms with Crippen LogP contribution in [0.1, 0.15) is 21.9 Å². The molecule has 3 nitrogen and oxygen atoms in total. The van der Waals surface area contributed by atoms with Gasteiger partial charge < -0.3 is 9.84 Å². The summed E-state index contributed by atoms with van der Waals surface area (Å²) in [6.45, 7) is 5.60. The molecular weight excluding hydrogens is 280 g/mol. The molecule has 2 heterocycles. The number of nitrogens with zero attached hydrogens (tertiary/aromatic N) is 1. The van der Waals surface area contributed by atoms with Gasteiger partial charge in [-0.05, 0) is 31.5 Å². The van der Waals surface area contributed by atoms with Crippen LogP contribution in [0, 0.1) is 13.8 Å². The van der Waals surface area contributed by atoms with Crippen molar-refractivity contribution in [3.05, 3.63) is 64.4 Å². The van der Waals surface area contributed by atoms with Crippen molar-refractivity contribution >= 4 is 11.3 Å². The summed E-state index contributed by atoms with van der Waals surface area (Å²) in [5, 5.41) is 7.37. The maximum absolute atomic E-state index is 5.05. The summed E-state index contributed by atoms with van der Waals surface area (Å²) in [5.74, 6) is 0.851. The molecule has 0 aliphatic heterocycles. The van der Waals surface area contributed by atoms with Gasteiger partial charge in [0.25, 0.3) is 0 Å². The van der Waals surface area contributed by atoms with E-state index >= 15 is 0 Å². The van der Waals surface area contributed by atoms with Gasteiger partial charge in [-0.15, -0.1) is 11.3 Å². The lowest BCUT2D eigenvalue weighted by atomic mass is 10.1. The molecule has 0 aliphatic rings. The molecule has 2 aromatic heterocycles. The third-order valence-corrected chi connectivity index (χ3v) is 4.41. The Bertz CT molecular complexity index is 712. The number of nitrogens with one attached hydrogen (secondary N) is 1. The summed E-state index contributed by atoms with van der Waals surface area (Å²) in [6.07, 6.45) is 0. The number of aromatic nitrogens is 1. The predicted molar refractivity (Wildman–Crippen MR) is 86.3 cm³/mol. The second kappa shape index (κ2) is 6.24. The minimum atomic E-state index is 0.731. The summed E-state index contributed by atoms with van der Waals surface area (Å²) in [6, 6.07) is 15.0. The van der Waals surface area contributed by atoms with E-state index in [1.54, 1.807) is 0 Å². The quantitative estimate of drug-likeness (QED) is 0.762. The maximum Gasteiger partial charge on any atom is 0.133 e. The molecule has 0 fully saturated rings. The van der Waals surface area contributed by atoms with E-state index in [2.05, 4.69) is 53.8 Å². The van der Waals surface area contributed by atoms with Crippen LogP contribution in [0.3, 0.4) is 0 Å². The van der Waals surface area contributed by atoms with Gasteiger partial charge in [0.2, 0.25) is 0 Å². The first-order valence-electron chi connectivity index (χ1n) is 6.99. The first-order chi connectivity index (χ1) is 10.2. The lowest BCUT2D eigenvalue weighted by molar-refractivity contribution is 0.388. The van der Waals surface area contributed by atoms with Gasteiger partial charge in [0, 0.05) is 28.9 Å². The summed E-state index contributed by atoms with van der Waals surface area (Å²) in [5.41, 5.74) is 3.52. The average molecular weight is 298 g/mol. The summed E-state index contributed by atoms with van der Waals surface area (Å²) in [7, 11) is 0. The van der Waals surface area contributed by atoms with Crippen LogP contribution in [0.2, 0.25) is 0 Å². The standard InChI is InChI=1S/C17H18N2OS/c1-12-3-5-14(6-4-12)17-8-7-16(21-17)11-18-10-15-9-13(2)20-19-15/h3-9,18H,10-11H2,1-2H3. The number of benzene rings is 1. The van der Waals surface area contributed by atoms with Crippen LogP contribution < -0.4 is 5.32 Å². The molecule has 1 aromatic carbocycles. The molecule has 0 bridgehead atoms. The Morgan fingerprint density at radius 2 is 1.86 bits per heavy atom. The van der Waals surface area contributed by atoms with Crippen molar-refractivity contribution in [3.8, 4) is 10.4 Å². The highest BCUT2D eigenvalue weighted by molar-refractivity contribution is 7.15. The topological polar surface area (TPSA) is 38.1 Å². The Kier molecular flexibility index (Phi) is 4.18. The van der Waals surface area contributed by atoms with Crippen LogP contribution in [0.5, 0.6) is 0 Å². The van der Waals surface area contributed by atoms with E-state index in [9.17, 15) is 0 Å². The van der Waals surface area contributed by atoms with E-state index in [1.165, 1.54) is 20.9 Å². The highest BCUT2D eigenvalue weighted by Crippen LogP contribution is 2.28. The number of thiophene rings is 1. The van der Waals surface area contributed by atoms with Crippen LogP contribution in [0.15, 0.2) is 47.0 Å². The minimum Gasteiger partial charge on any atom is -0.361 e. The molecule has 0 aliphatic carbocycles. The first-order valence-corrected chi connectivity index (χ1v) is 7.81. The SMILES string of the molecule is Cc1ccc(-c2ccc(CNCc3cc(C)on3)s2)cc1. The van der Waals surface area contributed by atoms with Crippen molar-refractivity contribution in [3.63, 3.8) is 0 Å². The normalized spacial score (nSPS) is 11.0. The molecule has 21 heavy (non-hydrogen) atoms. The first kappa shape index (κ1) is 14.0. The van der Waals surface area contributed by atoms with Crippen LogP contribution in [0.4, 0.5) is 0 Å². The molecule has 1 N–H and O–H groups in total. The minimum absolute atomic E-state index is 0.731.